The van der Waals surface area contributed by atoms with E-state index >= 15 is 0 Å². The number of alkyl halides is 2. The number of nitrogens with one attached hydrogen (secondary N) is 1. The number of hydrogen-bond acceptors (Lipinski definition) is 4. The Morgan fingerprint density at radius 3 is 2.55 bits per heavy atom. The van der Waals surface area contributed by atoms with Crippen molar-refractivity contribution in [3.8, 4) is 5.75 Å². The largest absolute Gasteiger partial charge is 0.435 e. The molecule has 1 N–H and O–H groups in total. The zero-order valence-corrected chi connectivity index (χ0v) is 16.6. The predicted molar refractivity (Wildman–Crippen MR) is 106 cm³/mol. The van der Waals surface area contributed by atoms with E-state index in [4.69, 9.17) is 0 Å². The summed E-state index contributed by atoms with van der Waals surface area (Å²) in [4.78, 5) is 12.5. The first-order valence-electron chi connectivity index (χ1n) is 9.13. The molecule has 0 heterocycles. The summed E-state index contributed by atoms with van der Waals surface area (Å²) in [5.41, 5.74) is 1.92. The highest BCUT2D eigenvalue weighted by molar-refractivity contribution is 7.93. The van der Waals surface area contributed by atoms with Gasteiger partial charge in [0.05, 0.1) is 4.91 Å². The number of fused-ring (bicyclic) bond motifs is 1. The standard InChI is InChI=1S/C21H21F2NO4S/c1-14(11-20(25)15-5-3-2-4-6-15)24-29(26,27)19-10-8-16-12-18(28-21(22)23)9-7-17(16)13-19/h2-7,9,12-14,21,24H,8,10-11H2,1H3. The number of allylic oxidation sites excluding steroid dienone is 1. The molecule has 2 aromatic carbocycles. The average molecular weight is 421 g/mol. The van der Waals surface area contributed by atoms with Gasteiger partial charge in [0.2, 0.25) is 10.0 Å². The number of sulfonamides is 1. The number of aryl methyl sites for hydroxylation is 1. The highest BCUT2D eigenvalue weighted by atomic mass is 32.2. The zero-order chi connectivity index (χ0) is 21.0. The normalized spacial score (nSPS) is 14.8. The monoisotopic (exact) mass is 421 g/mol. The topological polar surface area (TPSA) is 72.5 Å². The van der Waals surface area contributed by atoms with Gasteiger partial charge in [-0.25, -0.2) is 13.1 Å². The van der Waals surface area contributed by atoms with E-state index in [2.05, 4.69) is 9.46 Å². The number of hydrogen-bond donors (Lipinski definition) is 1. The van der Waals surface area contributed by atoms with Gasteiger partial charge in [-0.3, -0.25) is 4.79 Å². The van der Waals surface area contributed by atoms with Gasteiger partial charge in [-0.1, -0.05) is 36.4 Å². The minimum absolute atomic E-state index is 0.0431. The van der Waals surface area contributed by atoms with E-state index in [1.54, 1.807) is 43.3 Å². The number of benzene rings is 2. The smallest absolute Gasteiger partial charge is 0.387 e. The van der Waals surface area contributed by atoms with E-state index in [9.17, 15) is 22.0 Å². The van der Waals surface area contributed by atoms with Crippen LogP contribution in [0.1, 0.15) is 41.3 Å². The summed E-state index contributed by atoms with van der Waals surface area (Å²) in [5, 5.41) is 0. The Morgan fingerprint density at radius 2 is 1.86 bits per heavy atom. The maximum Gasteiger partial charge on any atom is 0.387 e. The average Bonchev–Trinajstić information content (AvgIpc) is 2.67. The molecule has 154 valence electrons. The number of Topliss-reactive ketones (excluding diaryl/α,β-unsaturated/α-hetero) is 1. The molecule has 0 spiro atoms. The van der Waals surface area contributed by atoms with Crippen LogP contribution in [0.2, 0.25) is 0 Å². The second kappa shape index (κ2) is 8.84. The third-order valence-corrected chi connectivity index (χ3v) is 6.31. The molecule has 0 aliphatic heterocycles. The van der Waals surface area contributed by atoms with Gasteiger partial charge in [-0.15, -0.1) is 0 Å². The number of halogens is 2. The molecule has 1 unspecified atom stereocenters. The SMILES string of the molecule is CC(CC(=O)c1ccccc1)NS(=O)(=O)C1=Cc2ccc(OC(F)F)cc2CC1. The van der Waals surface area contributed by atoms with Crippen molar-refractivity contribution < 1.29 is 26.7 Å². The molecule has 3 rings (SSSR count). The molecule has 0 amide bonds. The van der Waals surface area contributed by atoms with E-state index < -0.39 is 22.7 Å². The molecule has 0 saturated heterocycles. The quantitative estimate of drug-likeness (QED) is 0.650. The molecule has 2 aromatic rings. The minimum atomic E-state index is -3.77. The third kappa shape index (κ3) is 5.48. The Hall–Kier alpha value is -2.58. The first-order chi connectivity index (χ1) is 13.7. The molecule has 0 radical (unpaired) electrons. The van der Waals surface area contributed by atoms with Crippen LogP contribution in [0.4, 0.5) is 8.78 Å². The van der Waals surface area contributed by atoms with Crippen LogP contribution in [0, 0.1) is 0 Å². The van der Waals surface area contributed by atoms with Crippen LogP contribution in [0.15, 0.2) is 53.4 Å². The first-order valence-corrected chi connectivity index (χ1v) is 10.6. The molecule has 29 heavy (non-hydrogen) atoms. The second-order valence-electron chi connectivity index (χ2n) is 6.87. The van der Waals surface area contributed by atoms with Gasteiger partial charge in [0.25, 0.3) is 0 Å². The molecular weight excluding hydrogens is 400 g/mol. The van der Waals surface area contributed by atoms with Gasteiger partial charge in [0.15, 0.2) is 5.78 Å². The van der Waals surface area contributed by atoms with Crippen molar-refractivity contribution in [3.63, 3.8) is 0 Å². The molecule has 0 saturated carbocycles. The Morgan fingerprint density at radius 1 is 1.14 bits per heavy atom. The number of carbonyl (C=O) groups excluding carboxylic acids is 1. The summed E-state index contributed by atoms with van der Waals surface area (Å²) < 4.78 is 57.1. The molecule has 1 aliphatic carbocycles. The van der Waals surface area contributed by atoms with Gasteiger partial charge in [0, 0.05) is 18.0 Å². The van der Waals surface area contributed by atoms with Crippen molar-refractivity contribution in [2.45, 2.75) is 38.8 Å². The lowest BCUT2D eigenvalue weighted by Crippen LogP contribution is -2.35. The van der Waals surface area contributed by atoms with Crippen molar-refractivity contribution in [2.75, 3.05) is 0 Å². The summed E-state index contributed by atoms with van der Waals surface area (Å²) in [6.07, 6.45) is 2.19. The van der Waals surface area contributed by atoms with Crippen molar-refractivity contribution in [2.24, 2.45) is 0 Å². The molecule has 0 aromatic heterocycles. The predicted octanol–water partition coefficient (Wildman–Crippen LogP) is 4.16. The van der Waals surface area contributed by atoms with E-state index in [1.165, 1.54) is 18.2 Å². The molecular formula is C21H21F2NO4S. The zero-order valence-electron chi connectivity index (χ0n) is 15.8. The lowest BCUT2D eigenvalue weighted by atomic mass is 9.97. The number of ether oxygens (including phenoxy) is 1. The Balaban J connectivity index is 1.69. The van der Waals surface area contributed by atoms with Gasteiger partial charge < -0.3 is 4.74 Å². The van der Waals surface area contributed by atoms with Crippen molar-refractivity contribution >= 4 is 21.9 Å². The summed E-state index contributed by atoms with van der Waals surface area (Å²) in [6, 6.07) is 12.6. The molecule has 1 aliphatic rings. The van der Waals surface area contributed by atoms with Crippen LogP contribution < -0.4 is 9.46 Å². The summed E-state index contributed by atoms with van der Waals surface area (Å²) in [6.45, 7) is -1.27. The van der Waals surface area contributed by atoms with Gasteiger partial charge >= 0.3 is 6.61 Å². The molecule has 0 fully saturated rings. The molecule has 1 atom stereocenters. The Labute approximate surface area is 168 Å². The Kier molecular flexibility index (Phi) is 6.44. The van der Waals surface area contributed by atoms with E-state index in [0.717, 1.165) is 5.56 Å². The van der Waals surface area contributed by atoms with Crippen LogP contribution >= 0.6 is 0 Å². The van der Waals surface area contributed by atoms with Crippen LogP contribution in [-0.2, 0) is 16.4 Å². The van der Waals surface area contributed by atoms with Crippen LogP contribution in [0.25, 0.3) is 6.08 Å². The van der Waals surface area contributed by atoms with E-state index in [0.29, 0.717) is 17.5 Å². The van der Waals surface area contributed by atoms with Crippen molar-refractivity contribution in [1.29, 1.82) is 0 Å². The van der Waals surface area contributed by atoms with E-state index in [1.807, 2.05) is 0 Å². The van der Waals surface area contributed by atoms with Crippen LogP contribution in [-0.4, -0.2) is 26.9 Å². The summed E-state index contributed by atoms with van der Waals surface area (Å²) in [5.74, 6) is -0.0973. The van der Waals surface area contributed by atoms with Gasteiger partial charge in [-0.05, 0) is 49.1 Å². The maximum absolute atomic E-state index is 12.7. The first kappa shape index (κ1) is 21.1. The minimum Gasteiger partial charge on any atom is -0.435 e. The van der Waals surface area contributed by atoms with Gasteiger partial charge in [-0.2, -0.15) is 8.78 Å². The second-order valence-corrected chi connectivity index (χ2v) is 8.63. The number of rotatable bonds is 8. The maximum atomic E-state index is 12.7. The fourth-order valence-electron chi connectivity index (χ4n) is 3.23. The molecule has 5 nitrogen and oxygen atoms in total. The van der Waals surface area contributed by atoms with Gasteiger partial charge in [0.1, 0.15) is 5.75 Å². The lowest BCUT2D eigenvalue weighted by Gasteiger charge is -2.20. The lowest BCUT2D eigenvalue weighted by molar-refractivity contribution is -0.0498. The fraction of sp³-hybridized carbons (Fsp3) is 0.286. The fourth-order valence-corrected chi connectivity index (χ4v) is 4.65. The number of carbonyl (C=O) groups is 1. The van der Waals surface area contributed by atoms with Crippen LogP contribution in [0.5, 0.6) is 5.75 Å². The molecule has 0 bridgehead atoms. The molecule has 8 heteroatoms. The third-order valence-electron chi connectivity index (χ3n) is 4.59. The van der Waals surface area contributed by atoms with Crippen molar-refractivity contribution in [3.05, 3.63) is 70.1 Å². The van der Waals surface area contributed by atoms with Crippen LogP contribution in [0.3, 0.4) is 0 Å². The van der Waals surface area contributed by atoms with E-state index in [-0.39, 0.29) is 29.3 Å². The summed E-state index contributed by atoms with van der Waals surface area (Å²) >= 11 is 0. The highest BCUT2D eigenvalue weighted by Crippen LogP contribution is 2.30. The van der Waals surface area contributed by atoms with Crippen molar-refractivity contribution in [1.82, 2.24) is 4.72 Å². The highest BCUT2D eigenvalue weighted by Gasteiger charge is 2.25. The number of ketones is 1. The summed E-state index contributed by atoms with van der Waals surface area (Å²) in [7, 11) is -3.77. The Bertz CT molecular complexity index is 1020.